The zero-order valence-corrected chi connectivity index (χ0v) is 15.5. The number of hydrogen-bond acceptors (Lipinski definition) is 4. The Morgan fingerprint density at radius 1 is 1.11 bits per heavy atom. The van der Waals surface area contributed by atoms with E-state index in [1.165, 1.54) is 6.07 Å². The molecule has 1 aliphatic rings. The number of hydrogen-bond donors (Lipinski definition) is 3. The molecule has 2 aromatic carbocycles. The van der Waals surface area contributed by atoms with Crippen molar-refractivity contribution >= 4 is 29.1 Å². The molecular formula is C19H15Cl2N3O3. The van der Waals surface area contributed by atoms with Gasteiger partial charge in [0, 0.05) is 27.7 Å². The third-order valence-electron chi connectivity index (χ3n) is 4.60. The van der Waals surface area contributed by atoms with Crippen molar-refractivity contribution in [3.8, 4) is 17.0 Å². The van der Waals surface area contributed by atoms with Gasteiger partial charge in [0.1, 0.15) is 17.1 Å². The van der Waals surface area contributed by atoms with Crippen LogP contribution in [0.1, 0.15) is 27.7 Å². The largest absolute Gasteiger partial charge is 0.507 e. The molecule has 0 aliphatic carbocycles. The molecule has 27 heavy (non-hydrogen) atoms. The summed E-state index contributed by atoms with van der Waals surface area (Å²) in [6.45, 7) is -0.0130. The van der Waals surface area contributed by atoms with Crippen LogP contribution >= 0.6 is 23.2 Å². The highest BCUT2D eigenvalue weighted by molar-refractivity contribution is 6.31. The Kier molecular flexibility index (Phi) is 4.55. The Hall–Kier alpha value is -2.54. The van der Waals surface area contributed by atoms with E-state index in [1.807, 2.05) is 12.1 Å². The molecule has 0 fully saturated rings. The molecule has 0 saturated carbocycles. The molecule has 138 valence electrons. The Labute approximate surface area is 165 Å². The van der Waals surface area contributed by atoms with E-state index in [9.17, 15) is 15.0 Å². The highest BCUT2D eigenvalue weighted by Gasteiger charge is 2.42. The lowest BCUT2D eigenvalue weighted by Crippen LogP contribution is -2.32. The van der Waals surface area contributed by atoms with Gasteiger partial charge in [-0.15, -0.1) is 0 Å². The monoisotopic (exact) mass is 403 g/mol. The van der Waals surface area contributed by atoms with Crippen LogP contribution in [0, 0.1) is 0 Å². The summed E-state index contributed by atoms with van der Waals surface area (Å²) >= 11 is 12.1. The number of amides is 1. The van der Waals surface area contributed by atoms with E-state index in [4.69, 9.17) is 23.2 Å². The van der Waals surface area contributed by atoms with Gasteiger partial charge in [-0.1, -0.05) is 35.3 Å². The first-order chi connectivity index (χ1) is 13.0. The Morgan fingerprint density at radius 2 is 1.81 bits per heavy atom. The lowest BCUT2D eigenvalue weighted by molar-refractivity contribution is 0.0706. The summed E-state index contributed by atoms with van der Waals surface area (Å²) in [5, 5.41) is 27.8. The molecule has 1 unspecified atom stereocenters. The van der Waals surface area contributed by atoms with Crippen molar-refractivity contribution in [2.24, 2.45) is 0 Å². The summed E-state index contributed by atoms with van der Waals surface area (Å²) in [6, 6.07) is 11.3. The van der Waals surface area contributed by atoms with Crippen LogP contribution in [0.5, 0.6) is 5.75 Å². The van der Waals surface area contributed by atoms with E-state index >= 15 is 0 Å². The van der Waals surface area contributed by atoms with Crippen LogP contribution in [0.25, 0.3) is 11.3 Å². The SMILES string of the molecule is O=C1c2[nH]nc(-c3cc(Cl)ccc3O)c2C(c2ccc(Cl)cc2)N1CCO. The second-order valence-corrected chi connectivity index (χ2v) is 7.07. The number of nitrogens with one attached hydrogen (secondary N) is 1. The van der Waals surface area contributed by atoms with Crippen molar-refractivity contribution in [1.82, 2.24) is 15.1 Å². The van der Waals surface area contributed by atoms with E-state index in [1.54, 1.807) is 29.2 Å². The zero-order valence-electron chi connectivity index (χ0n) is 14.0. The molecule has 1 amide bonds. The lowest BCUT2D eigenvalue weighted by Gasteiger charge is -2.25. The smallest absolute Gasteiger partial charge is 0.273 e. The van der Waals surface area contributed by atoms with Gasteiger partial charge in [-0.25, -0.2) is 0 Å². The van der Waals surface area contributed by atoms with Gasteiger partial charge in [0.25, 0.3) is 5.91 Å². The number of aromatic amines is 1. The number of H-pyrrole nitrogens is 1. The summed E-state index contributed by atoms with van der Waals surface area (Å²) in [6.07, 6.45) is 0. The molecule has 1 atom stereocenters. The van der Waals surface area contributed by atoms with Crippen LogP contribution in [0.3, 0.4) is 0 Å². The molecule has 1 aliphatic heterocycles. The van der Waals surface area contributed by atoms with Crippen LogP contribution in [0.4, 0.5) is 0 Å². The Morgan fingerprint density at radius 3 is 2.52 bits per heavy atom. The molecule has 2 heterocycles. The maximum Gasteiger partial charge on any atom is 0.273 e. The van der Waals surface area contributed by atoms with E-state index < -0.39 is 6.04 Å². The number of rotatable bonds is 4. The summed E-state index contributed by atoms with van der Waals surface area (Å²) in [7, 11) is 0. The van der Waals surface area contributed by atoms with Gasteiger partial charge in [-0.05, 0) is 35.9 Å². The predicted octanol–water partition coefficient (Wildman–Crippen LogP) is 3.63. The number of halogens is 2. The second-order valence-electron chi connectivity index (χ2n) is 6.20. The average Bonchev–Trinajstić information content (AvgIpc) is 3.19. The van der Waals surface area contributed by atoms with Crippen molar-refractivity contribution < 1.29 is 15.0 Å². The average molecular weight is 404 g/mol. The van der Waals surface area contributed by atoms with Gasteiger partial charge in [-0.3, -0.25) is 9.89 Å². The van der Waals surface area contributed by atoms with E-state index in [0.717, 1.165) is 5.56 Å². The number of phenols is 1. The molecule has 0 radical (unpaired) electrons. The number of carbonyl (C=O) groups is 1. The van der Waals surface area contributed by atoms with Crippen molar-refractivity contribution in [3.63, 3.8) is 0 Å². The molecule has 0 bridgehead atoms. The molecular weight excluding hydrogens is 389 g/mol. The van der Waals surface area contributed by atoms with Gasteiger partial charge >= 0.3 is 0 Å². The predicted molar refractivity (Wildman–Crippen MR) is 102 cm³/mol. The first-order valence-corrected chi connectivity index (χ1v) is 9.01. The van der Waals surface area contributed by atoms with Crippen LogP contribution in [-0.2, 0) is 0 Å². The van der Waals surface area contributed by atoms with Crippen LogP contribution in [0.15, 0.2) is 42.5 Å². The number of aliphatic hydroxyl groups is 1. The number of aromatic hydroxyl groups is 1. The van der Waals surface area contributed by atoms with Gasteiger partial charge in [-0.2, -0.15) is 5.10 Å². The fourth-order valence-electron chi connectivity index (χ4n) is 3.43. The third kappa shape index (κ3) is 2.96. The fourth-order valence-corrected chi connectivity index (χ4v) is 3.73. The minimum atomic E-state index is -0.468. The normalized spacial score (nSPS) is 16.0. The minimum absolute atomic E-state index is 0.0108. The van der Waals surface area contributed by atoms with E-state index in [-0.39, 0.29) is 24.8 Å². The summed E-state index contributed by atoms with van der Waals surface area (Å²) in [4.78, 5) is 14.4. The number of aliphatic hydroxyl groups excluding tert-OH is 1. The zero-order chi connectivity index (χ0) is 19.1. The quantitative estimate of drug-likeness (QED) is 0.620. The van der Waals surface area contributed by atoms with Crippen LogP contribution in [-0.4, -0.2) is 44.4 Å². The first-order valence-electron chi connectivity index (χ1n) is 8.25. The maximum absolute atomic E-state index is 12.9. The molecule has 4 rings (SSSR count). The topological polar surface area (TPSA) is 89.5 Å². The van der Waals surface area contributed by atoms with E-state index in [2.05, 4.69) is 10.2 Å². The third-order valence-corrected chi connectivity index (χ3v) is 5.09. The van der Waals surface area contributed by atoms with Gasteiger partial charge in [0.15, 0.2) is 0 Å². The van der Waals surface area contributed by atoms with Crippen molar-refractivity contribution in [2.75, 3.05) is 13.2 Å². The first kappa shape index (κ1) is 17.9. The minimum Gasteiger partial charge on any atom is -0.507 e. The Bertz CT molecular complexity index is 1020. The fraction of sp³-hybridized carbons (Fsp3) is 0.158. The van der Waals surface area contributed by atoms with Gasteiger partial charge in [0.05, 0.1) is 12.6 Å². The number of benzene rings is 2. The number of nitrogens with zero attached hydrogens (tertiary/aromatic N) is 2. The number of carbonyl (C=O) groups excluding carboxylic acids is 1. The molecule has 8 heteroatoms. The molecule has 1 aromatic heterocycles. The van der Waals surface area contributed by atoms with Crippen LogP contribution in [0.2, 0.25) is 10.0 Å². The number of fused-ring (bicyclic) bond motifs is 1. The number of β-amino-alcohol motifs (C(OH)–C–C–N with tert-alkyl or cyclic N) is 1. The molecule has 3 N–H and O–H groups in total. The van der Waals surface area contributed by atoms with Crippen LogP contribution < -0.4 is 0 Å². The highest BCUT2D eigenvalue weighted by Crippen LogP contribution is 2.44. The molecule has 6 nitrogen and oxygen atoms in total. The second kappa shape index (κ2) is 6.88. The molecule has 0 spiro atoms. The summed E-state index contributed by atoms with van der Waals surface area (Å²) in [5.74, 6) is -0.254. The number of phenolic OH excluding ortho intramolecular Hbond substituents is 1. The molecule has 0 saturated heterocycles. The summed E-state index contributed by atoms with van der Waals surface area (Å²) in [5.41, 5.74) is 2.66. The standard InChI is InChI=1S/C19H15Cl2N3O3/c20-11-3-1-10(2-4-11)18-15-16(13-9-12(21)5-6-14(13)26)22-23-17(15)19(27)24(18)7-8-25/h1-6,9,18,25-26H,7-8H2,(H,22,23). The Balaban J connectivity index is 1.92. The maximum atomic E-state index is 12.9. The highest BCUT2D eigenvalue weighted by atomic mass is 35.5. The molecule has 3 aromatic rings. The van der Waals surface area contributed by atoms with Crippen molar-refractivity contribution in [1.29, 1.82) is 0 Å². The summed E-state index contributed by atoms with van der Waals surface area (Å²) < 4.78 is 0. The van der Waals surface area contributed by atoms with Crippen molar-refractivity contribution in [2.45, 2.75) is 6.04 Å². The van der Waals surface area contributed by atoms with Crippen molar-refractivity contribution in [3.05, 3.63) is 69.3 Å². The lowest BCUT2D eigenvalue weighted by atomic mass is 9.96. The number of aromatic nitrogens is 2. The van der Waals surface area contributed by atoms with Gasteiger partial charge in [0.2, 0.25) is 0 Å². The van der Waals surface area contributed by atoms with Gasteiger partial charge < -0.3 is 15.1 Å². The van der Waals surface area contributed by atoms with E-state index in [0.29, 0.717) is 32.6 Å².